The van der Waals surface area contributed by atoms with Crippen molar-refractivity contribution in [1.29, 1.82) is 0 Å². The maximum atomic E-state index is 7.55. The molecular weight excluding hydrogens is 1040 g/mol. The van der Waals surface area contributed by atoms with Gasteiger partial charge in [0.25, 0.3) is 0 Å². The predicted octanol–water partition coefficient (Wildman–Crippen LogP) is 21.8. The van der Waals surface area contributed by atoms with Gasteiger partial charge in [0.15, 0.2) is 11.2 Å². The summed E-state index contributed by atoms with van der Waals surface area (Å²) in [6.07, 6.45) is 0. The van der Waals surface area contributed by atoms with Crippen molar-refractivity contribution < 1.29 is 8.83 Å². The molecule has 2 aliphatic rings. The molecule has 12 aromatic rings. The lowest BCUT2D eigenvalue weighted by atomic mass is 9.70. The van der Waals surface area contributed by atoms with Crippen molar-refractivity contribution in [3.8, 4) is 45.2 Å². The predicted molar refractivity (Wildman–Crippen MR) is 353 cm³/mol. The van der Waals surface area contributed by atoms with Gasteiger partial charge in [0.1, 0.15) is 11.0 Å². The Morgan fingerprint density at radius 1 is 0.318 bits per heavy atom. The molecule has 2 aromatic heterocycles. The van der Waals surface area contributed by atoms with E-state index in [4.69, 9.17) is 18.8 Å². The summed E-state index contributed by atoms with van der Waals surface area (Å²) in [5.74, 6) is 1.06. The van der Waals surface area contributed by atoms with Crippen LogP contribution in [-0.4, -0.2) is 9.97 Å². The Kier molecular flexibility index (Phi) is 12.3. The van der Waals surface area contributed by atoms with Gasteiger partial charge in [-0.25, -0.2) is 9.97 Å². The molecule has 2 aliphatic carbocycles. The van der Waals surface area contributed by atoms with Gasteiger partial charge in [0.2, 0.25) is 11.8 Å². The molecule has 0 aliphatic heterocycles. The molecule has 6 nitrogen and oxygen atoms in total. The Morgan fingerprint density at radius 3 is 0.894 bits per heavy atom. The highest BCUT2D eigenvalue weighted by molar-refractivity contribution is 6.16. The molecular formula is C79H72N4O2. The van der Waals surface area contributed by atoms with E-state index >= 15 is 0 Å². The lowest BCUT2D eigenvalue weighted by molar-refractivity contribution is 0.590. The first-order valence-electron chi connectivity index (χ1n) is 30.0. The summed E-state index contributed by atoms with van der Waals surface area (Å²) in [7, 11) is 0. The largest absolute Gasteiger partial charge is 0.435 e. The van der Waals surface area contributed by atoms with Crippen LogP contribution in [0.4, 0.5) is 34.1 Å². The minimum Gasteiger partial charge on any atom is -0.435 e. The van der Waals surface area contributed by atoms with Crippen LogP contribution in [0.1, 0.15) is 128 Å². The van der Waals surface area contributed by atoms with Gasteiger partial charge in [-0.3, -0.25) is 0 Å². The zero-order valence-corrected chi connectivity index (χ0v) is 50.9. The molecule has 10 aromatic carbocycles. The zero-order valence-electron chi connectivity index (χ0n) is 50.9. The summed E-state index contributed by atoms with van der Waals surface area (Å²) in [4.78, 5) is 16.1. The molecule has 0 fully saturated rings. The van der Waals surface area contributed by atoms with E-state index in [1.54, 1.807) is 0 Å². The van der Waals surface area contributed by atoms with E-state index in [0.717, 1.165) is 78.5 Å². The number of aromatic nitrogens is 2. The molecule has 14 rings (SSSR count). The van der Waals surface area contributed by atoms with Crippen LogP contribution in [0.15, 0.2) is 227 Å². The van der Waals surface area contributed by atoms with Crippen molar-refractivity contribution in [1.82, 2.24) is 9.97 Å². The molecule has 0 bridgehead atoms. The van der Waals surface area contributed by atoms with Gasteiger partial charge in [-0.15, -0.1) is 0 Å². The maximum absolute atomic E-state index is 7.55. The minimum atomic E-state index is -0.904. The van der Waals surface area contributed by atoms with Crippen LogP contribution in [0.3, 0.4) is 0 Å². The first-order chi connectivity index (χ1) is 40.7. The van der Waals surface area contributed by atoms with E-state index in [0.29, 0.717) is 22.9 Å². The lowest BCUT2D eigenvalue weighted by Crippen LogP contribution is -2.26. The van der Waals surface area contributed by atoms with E-state index in [-0.39, 0.29) is 21.7 Å². The number of hydrogen-bond donors (Lipinski definition) is 0. The van der Waals surface area contributed by atoms with Crippen LogP contribution in [0.25, 0.3) is 67.4 Å². The molecule has 0 atom stereocenters. The fraction of sp³-hybridized carbons (Fsp3) is 0.215. The summed E-state index contributed by atoms with van der Waals surface area (Å²) in [6.45, 7) is 27.3. The summed E-state index contributed by atoms with van der Waals surface area (Å²) in [6, 6.07) is 79.9. The highest BCUT2D eigenvalue weighted by Crippen LogP contribution is 2.67. The summed E-state index contributed by atoms with van der Waals surface area (Å²) in [5, 5.41) is 0. The summed E-state index contributed by atoms with van der Waals surface area (Å²) >= 11 is 0. The Morgan fingerprint density at radius 2 is 0.600 bits per heavy atom. The van der Waals surface area contributed by atoms with Crippen molar-refractivity contribution in [2.24, 2.45) is 0 Å². The number of nitrogens with zero attached hydrogens (tertiary/aromatic N) is 4. The molecule has 0 N–H and O–H groups in total. The third-order valence-electron chi connectivity index (χ3n) is 17.8. The second kappa shape index (κ2) is 19.4. The van der Waals surface area contributed by atoms with Gasteiger partial charge in [0, 0.05) is 45.0 Å². The molecule has 85 heavy (non-hydrogen) atoms. The summed E-state index contributed by atoms with van der Waals surface area (Å²) < 4.78 is 15.1. The van der Waals surface area contributed by atoms with Crippen LogP contribution in [0.5, 0.6) is 0 Å². The smallest absolute Gasteiger partial charge is 0.227 e. The molecule has 1 spiro atoms. The lowest BCUT2D eigenvalue weighted by Gasteiger charge is -2.33. The highest BCUT2D eigenvalue weighted by atomic mass is 16.4. The SMILES string of the molecule is CC(C)(C)c1ccc(N(c2ccc(C(C)(C)C)cc2)c2cc3c(c4oc(-c5ccccc5)nc24)-c2c(cc(N(c4ccc(C(C)(C)C)cc4)c4ccc(C(C)(C)C)cc4)c4nc(-c5ccccc5)oc24)C32c3ccccc3-c3ccccc32)cc1. The molecule has 420 valence electrons. The number of hydrogen-bond acceptors (Lipinski definition) is 6. The van der Waals surface area contributed by atoms with Crippen molar-refractivity contribution in [2.75, 3.05) is 9.80 Å². The van der Waals surface area contributed by atoms with Crippen LogP contribution in [0, 0.1) is 0 Å². The van der Waals surface area contributed by atoms with Gasteiger partial charge in [-0.1, -0.05) is 217 Å². The minimum absolute atomic E-state index is 0.0523. The number of benzene rings is 10. The van der Waals surface area contributed by atoms with Crippen LogP contribution in [-0.2, 0) is 27.1 Å². The zero-order chi connectivity index (χ0) is 59.0. The normalized spacial score (nSPS) is 13.5. The Bertz CT molecular complexity index is 4110. The van der Waals surface area contributed by atoms with Crippen molar-refractivity contribution >= 4 is 56.3 Å². The molecule has 0 radical (unpaired) electrons. The standard InChI is InChI=1S/C79H72N4O2/c1-75(2,3)51-31-39-55(40-32-51)82(56-41-33-52(34-42-56)76(4,5)6)65-47-63-67(71-69(65)80-73(84-71)49-23-15-13-16-24-49)68-64(79(63)61-29-21-19-27-59(61)60-28-20-22-30-62(60)79)48-66(70-72(68)85-74(81-70)50-25-17-14-18-26-50)83(57-43-35-53(36-44-57)77(7,8)9)58-45-37-54(38-46-58)78(10,11)12/h13-48H,1-12H3. The van der Waals surface area contributed by atoms with Gasteiger partial charge in [-0.2, -0.15) is 0 Å². The van der Waals surface area contributed by atoms with Crippen LogP contribution < -0.4 is 9.80 Å². The molecule has 2 heterocycles. The number of rotatable bonds is 8. The highest BCUT2D eigenvalue weighted by Gasteiger charge is 2.55. The van der Waals surface area contributed by atoms with E-state index in [2.05, 4.69) is 299 Å². The second-order valence-corrected chi connectivity index (χ2v) is 27.5. The fourth-order valence-electron chi connectivity index (χ4n) is 13.2. The van der Waals surface area contributed by atoms with Gasteiger partial charge < -0.3 is 18.6 Å². The third-order valence-corrected chi connectivity index (χ3v) is 17.8. The Hall–Kier alpha value is -9.26. The number of oxazole rings is 2. The molecule has 6 heteroatoms. The van der Waals surface area contributed by atoms with Crippen molar-refractivity contribution in [2.45, 2.75) is 110 Å². The van der Waals surface area contributed by atoms with E-state index in [1.807, 2.05) is 12.1 Å². The second-order valence-electron chi connectivity index (χ2n) is 27.5. The average molecular weight is 1110 g/mol. The first kappa shape index (κ1) is 53.7. The van der Waals surface area contributed by atoms with E-state index < -0.39 is 5.41 Å². The fourth-order valence-corrected chi connectivity index (χ4v) is 13.2. The van der Waals surface area contributed by atoms with Crippen molar-refractivity contribution in [3.05, 3.63) is 263 Å². The molecule has 0 amide bonds. The maximum Gasteiger partial charge on any atom is 0.227 e. The topological polar surface area (TPSA) is 58.5 Å². The molecule has 0 saturated heterocycles. The van der Waals surface area contributed by atoms with Crippen LogP contribution >= 0.6 is 0 Å². The Labute approximate surface area is 500 Å². The van der Waals surface area contributed by atoms with Crippen LogP contribution in [0.2, 0.25) is 0 Å². The van der Waals surface area contributed by atoms with E-state index in [9.17, 15) is 0 Å². The average Bonchev–Trinajstić information content (AvgIpc) is 1.50. The molecule has 0 saturated carbocycles. The monoisotopic (exact) mass is 1110 g/mol. The van der Waals surface area contributed by atoms with Gasteiger partial charge >= 0.3 is 0 Å². The third kappa shape index (κ3) is 8.74. The van der Waals surface area contributed by atoms with Gasteiger partial charge in [-0.05, 0) is 162 Å². The first-order valence-corrected chi connectivity index (χ1v) is 30.0. The van der Waals surface area contributed by atoms with Crippen molar-refractivity contribution in [3.63, 3.8) is 0 Å². The summed E-state index contributed by atoms with van der Waals surface area (Å²) in [5.41, 5.74) is 23.1. The quantitative estimate of drug-likeness (QED) is 0.151. The van der Waals surface area contributed by atoms with E-state index in [1.165, 1.54) is 44.5 Å². The number of anilines is 6. The molecule has 0 unspecified atom stereocenters. The van der Waals surface area contributed by atoms with Gasteiger partial charge in [0.05, 0.1) is 16.8 Å². The Balaban J connectivity index is 1.16. The number of fused-ring (bicyclic) bond motifs is 14.